The highest BCUT2D eigenvalue weighted by atomic mass is 16.5. The topological polar surface area (TPSA) is 95.9 Å². The molecular formula is C28H28N2O5. The Bertz CT molecular complexity index is 1170. The molecule has 0 spiro atoms. The smallest absolute Gasteiger partial charge is 0.408 e. The van der Waals surface area contributed by atoms with Crippen LogP contribution in [0.2, 0.25) is 0 Å². The molecule has 7 nitrogen and oxygen atoms in total. The van der Waals surface area contributed by atoms with Crippen LogP contribution in [-0.2, 0) is 14.3 Å². The van der Waals surface area contributed by atoms with E-state index >= 15 is 0 Å². The minimum Gasteiger partial charge on any atom is -0.481 e. The van der Waals surface area contributed by atoms with Crippen LogP contribution in [0.5, 0.6) is 0 Å². The van der Waals surface area contributed by atoms with E-state index in [4.69, 9.17) is 9.84 Å². The van der Waals surface area contributed by atoms with E-state index in [1.807, 2.05) is 42.5 Å². The first-order valence-electron chi connectivity index (χ1n) is 11.7. The number of carbonyl (C=O) groups excluding carboxylic acids is 2. The molecule has 7 heteroatoms. The molecular weight excluding hydrogens is 444 g/mol. The third-order valence-electron chi connectivity index (χ3n) is 6.27. The van der Waals surface area contributed by atoms with Crippen molar-refractivity contribution in [2.75, 3.05) is 19.7 Å². The lowest BCUT2D eigenvalue weighted by atomic mass is 9.98. The molecule has 3 aromatic rings. The first kappa shape index (κ1) is 24.0. The van der Waals surface area contributed by atoms with E-state index in [0.29, 0.717) is 12.1 Å². The van der Waals surface area contributed by atoms with Crippen molar-refractivity contribution in [1.82, 2.24) is 10.2 Å². The molecule has 1 unspecified atom stereocenters. The van der Waals surface area contributed by atoms with Gasteiger partial charge in [-0.05, 0) is 34.7 Å². The number of carbonyl (C=O) groups is 3. The van der Waals surface area contributed by atoms with Gasteiger partial charge in [0, 0.05) is 19.0 Å². The number of benzene rings is 3. The van der Waals surface area contributed by atoms with Gasteiger partial charge in [0.15, 0.2) is 0 Å². The van der Waals surface area contributed by atoms with E-state index in [-0.39, 0.29) is 31.4 Å². The van der Waals surface area contributed by atoms with Gasteiger partial charge in [0.05, 0.1) is 6.42 Å². The van der Waals surface area contributed by atoms with Gasteiger partial charge in [-0.1, -0.05) is 78.9 Å². The molecule has 1 atom stereocenters. The standard InChI is InChI=1S/C28H28N2O5/c1-2-30(17-16-25(31)32)27(33)26(19-10-4-3-5-11-19)29-28(34)35-18-24-22-14-8-6-12-20(22)21-13-7-9-15-23(21)24/h3-15,24,26H,2,16-18H2,1H3,(H,29,34)(H,31,32). The number of nitrogens with zero attached hydrogens (tertiary/aromatic N) is 1. The molecule has 0 saturated heterocycles. The van der Waals surface area contributed by atoms with E-state index < -0.39 is 18.1 Å². The van der Waals surface area contributed by atoms with Crippen LogP contribution >= 0.6 is 0 Å². The van der Waals surface area contributed by atoms with Gasteiger partial charge in [-0.25, -0.2) is 4.79 Å². The Labute approximate surface area is 204 Å². The molecule has 180 valence electrons. The maximum absolute atomic E-state index is 13.3. The number of carboxylic acid groups (broad SMARTS) is 1. The number of alkyl carbamates (subject to hydrolysis) is 1. The van der Waals surface area contributed by atoms with Crippen LogP contribution < -0.4 is 5.32 Å². The molecule has 4 rings (SSSR count). The molecule has 1 aliphatic carbocycles. The predicted octanol–water partition coefficient (Wildman–Crippen LogP) is 4.59. The van der Waals surface area contributed by atoms with Gasteiger partial charge in [-0.2, -0.15) is 0 Å². The van der Waals surface area contributed by atoms with Crippen molar-refractivity contribution in [3.63, 3.8) is 0 Å². The molecule has 35 heavy (non-hydrogen) atoms. The molecule has 2 amide bonds. The van der Waals surface area contributed by atoms with Crippen LogP contribution in [0.25, 0.3) is 11.1 Å². The van der Waals surface area contributed by atoms with E-state index in [2.05, 4.69) is 17.4 Å². The Morgan fingerprint density at radius 3 is 2.06 bits per heavy atom. The summed E-state index contributed by atoms with van der Waals surface area (Å²) in [5, 5.41) is 11.7. The lowest BCUT2D eigenvalue weighted by Gasteiger charge is -2.27. The van der Waals surface area contributed by atoms with Gasteiger partial charge < -0.3 is 20.1 Å². The Balaban J connectivity index is 1.49. The second-order valence-electron chi connectivity index (χ2n) is 8.38. The summed E-state index contributed by atoms with van der Waals surface area (Å²) >= 11 is 0. The van der Waals surface area contributed by atoms with Crippen molar-refractivity contribution in [3.8, 4) is 11.1 Å². The summed E-state index contributed by atoms with van der Waals surface area (Å²) in [7, 11) is 0. The van der Waals surface area contributed by atoms with Crippen LogP contribution in [0.3, 0.4) is 0 Å². The summed E-state index contributed by atoms with van der Waals surface area (Å²) in [5.41, 5.74) is 5.06. The van der Waals surface area contributed by atoms with Crippen molar-refractivity contribution in [2.24, 2.45) is 0 Å². The van der Waals surface area contributed by atoms with Gasteiger partial charge in [0.2, 0.25) is 5.91 Å². The SMILES string of the molecule is CCN(CCC(=O)O)C(=O)C(NC(=O)OCC1c2ccccc2-c2ccccc21)c1ccccc1. The molecule has 0 aliphatic heterocycles. The van der Waals surface area contributed by atoms with Crippen molar-refractivity contribution in [2.45, 2.75) is 25.3 Å². The van der Waals surface area contributed by atoms with Gasteiger partial charge >= 0.3 is 12.1 Å². The molecule has 0 heterocycles. The monoisotopic (exact) mass is 472 g/mol. The third kappa shape index (κ3) is 5.35. The number of hydrogen-bond acceptors (Lipinski definition) is 4. The Kier molecular flexibility index (Phi) is 7.45. The second kappa shape index (κ2) is 10.9. The molecule has 3 aromatic carbocycles. The molecule has 0 bridgehead atoms. The van der Waals surface area contributed by atoms with E-state index in [1.54, 1.807) is 31.2 Å². The maximum atomic E-state index is 13.3. The molecule has 2 N–H and O–H groups in total. The normalized spacial score (nSPS) is 12.8. The fourth-order valence-electron chi connectivity index (χ4n) is 4.53. The highest BCUT2D eigenvalue weighted by Gasteiger charge is 2.31. The van der Waals surface area contributed by atoms with E-state index in [9.17, 15) is 14.4 Å². The number of hydrogen-bond donors (Lipinski definition) is 2. The average molecular weight is 473 g/mol. The fourth-order valence-corrected chi connectivity index (χ4v) is 4.53. The minimum atomic E-state index is -0.989. The summed E-state index contributed by atoms with van der Waals surface area (Å²) in [4.78, 5) is 38.6. The van der Waals surface area contributed by atoms with Crippen LogP contribution in [0.1, 0.15) is 42.0 Å². The first-order valence-corrected chi connectivity index (χ1v) is 11.7. The van der Waals surface area contributed by atoms with Crippen LogP contribution in [0, 0.1) is 0 Å². The minimum absolute atomic E-state index is 0.0559. The van der Waals surface area contributed by atoms with Gasteiger partial charge in [0.1, 0.15) is 12.6 Å². The number of ether oxygens (including phenoxy) is 1. The molecule has 1 aliphatic rings. The largest absolute Gasteiger partial charge is 0.481 e. The fraction of sp³-hybridized carbons (Fsp3) is 0.250. The Hall–Kier alpha value is -4.13. The van der Waals surface area contributed by atoms with Crippen LogP contribution in [0.4, 0.5) is 4.79 Å². The van der Waals surface area contributed by atoms with Gasteiger partial charge in [-0.3, -0.25) is 9.59 Å². The predicted molar refractivity (Wildman–Crippen MR) is 132 cm³/mol. The summed E-state index contributed by atoms with van der Waals surface area (Å²) in [6, 6.07) is 24.0. The number of rotatable bonds is 9. The van der Waals surface area contributed by atoms with Crippen molar-refractivity contribution >= 4 is 18.0 Å². The number of nitrogens with one attached hydrogen (secondary N) is 1. The quantitative estimate of drug-likeness (QED) is 0.475. The maximum Gasteiger partial charge on any atom is 0.408 e. The van der Waals surface area contributed by atoms with Crippen molar-refractivity contribution < 1.29 is 24.2 Å². The summed E-state index contributed by atoms with van der Waals surface area (Å²) in [5.74, 6) is -1.47. The van der Waals surface area contributed by atoms with Crippen LogP contribution in [-0.4, -0.2) is 47.7 Å². The van der Waals surface area contributed by atoms with Crippen LogP contribution in [0.15, 0.2) is 78.9 Å². The van der Waals surface area contributed by atoms with E-state index in [1.165, 1.54) is 4.90 Å². The Morgan fingerprint density at radius 2 is 1.49 bits per heavy atom. The number of likely N-dealkylation sites (N-methyl/N-ethyl adjacent to an activating group) is 1. The lowest BCUT2D eigenvalue weighted by molar-refractivity contribution is -0.139. The Morgan fingerprint density at radius 1 is 0.914 bits per heavy atom. The highest BCUT2D eigenvalue weighted by Crippen LogP contribution is 2.44. The number of aliphatic carboxylic acids is 1. The van der Waals surface area contributed by atoms with E-state index in [0.717, 1.165) is 22.3 Å². The van der Waals surface area contributed by atoms with Crippen molar-refractivity contribution in [3.05, 3.63) is 95.6 Å². The molecule has 0 aromatic heterocycles. The van der Waals surface area contributed by atoms with Crippen molar-refractivity contribution in [1.29, 1.82) is 0 Å². The van der Waals surface area contributed by atoms with Gasteiger partial charge in [-0.15, -0.1) is 0 Å². The number of fused-ring (bicyclic) bond motifs is 3. The third-order valence-corrected chi connectivity index (χ3v) is 6.27. The molecule has 0 saturated carbocycles. The lowest BCUT2D eigenvalue weighted by Crippen LogP contribution is -2.44. The number of carboxylic acids is 1. The molecule has 0 fully saturated rings. The first-order chi connectivity index (χ1) is 17.0. The second-order valence-corrected chi connectivity index (χ2v) is 8.38. The van der Waals surface area contributed by atoms with Gasteiger partial charge in [0.25, 0.3) is 0 Å². The summed E-state index contributed by atoms with van der Waals surface area (Å²) < 4.78 is 5.64. The summed E-state index contributed by atoms with van der Waals surface area (Å²) in [6.45, 7) is 2.28. The zero-order valence-corrected chi connectivity index (χ0v) is 19.5. The average Bonchev–Trinajstić information content (AvgIpc) is 3.20. The zero-order chi connectivity index (χ0) is 24.8. The highest BCUT2D eigenvalue weighted by molar-refractivity contribution is 5.87. The number of amides is 2. The molecule has 0 radical (unpaired) electrons. The summed E-state index contributed by atoms with van der Waals surface area (Å²) in [6.07, 6.45) is -0.880. The zero-order valence-electron chi connectivity index (χ0n) is 19.5.